The molecule has 1 unspecified atom stereocenters. The Balaban J connectivity index is 2.11. The lowest BCUT2D eigenvalue weighted by atomic mass is 10.1. The van der Waals surface area contributed by atoms with Crippen LogP contribution in [-0.4, -0.2) is 0 Å². The lowest BCUT2D eigenvalue weighted by Crippen LogP contribution is -2.28. The summed E-state index contributed by atoms with van der Waals surface area (Å²) < 4.78 is 5.04. The number of hydrogen-bond acceptors (Lipinski definition) is 4. The van der Waals surface area contributed by atoms with Gasteiger partial charge in [-0.2, -0.15) is 0 Å². The smallest absolute Gasteiger partial charge is 0.0935 e. The topological polar surface area (TPSA) is 51.2 Å². The highest BCUT2D eigenvalue weighted by Gasteiger charge is 2.12. The molecule has 0 saturated heterocycles. The predicted octanol–water partition coefficient (Wildman–Crippen LogP) is 2.40. The van der Waals surface area contributed by atoms with Crippen molar-refractivity contribution in [2.45, 2.75) is 19.4 Å². The summed E-state index contributed by atoms with van der Waals surface area (Å²) in [5.74, 6) is 5.56. The van der Waals surface area contributed by atoms with Crippen molar-refractivity contribution >= 4 is 11.3 Å². The standard InChI is InChI=1S/C11H14N2OS/c1-8-2-3-11(15-8)10(13-12)6-9-4-5-14-7-9/h2-5,7,10,13H,6,12H2,1H3. The van der Waals surface area contributed by atoms with Gasteiger partial charge in [-0.05, 0) is 37.1 Å². The van der Waals surface area contributed by atoms with Crippen molar-refractivity contribution in [2.75, 3.05) is 0 Å². The molecule has 2 heterocycles. The predicted molar refractivity (Wildman–Crippen MR) is 61.5 cm³/mol. The molecule has 15 heavy (non-hydrogen) atoms. The van der Waals surface area contributed by atoms with Crippen molar-refractivity contribution in [1.82, 2.24) is 5.43 Å². The summed E-state index contributed by atoms with van der Waals surface area (Å²) in [6.45, 7) is 2.10. The summed E-state index contributed by atoms with van der Waals surface area (Å²) in [5.41, 5.74) is 4.00. The molecule has 0 aromatic carbocycles. The molecule has 2 aromatic rings. The van der Waals surface area contributed by atoms with Gasteiger partial charge in [0.25, 0.3) is 0 Å². The largest absolute Gasteiger partial charge is 0.472 e. The monoisotopic (exact) mass is 222 g/mol. The molecule has 0 aliphatic carbocycles. The number of furan rings is 1. The van der Waals surface area contributed by atoms with Crippen LogP contribution in [0.5, 0.6) is 0 Å². The van der Waals surface area contributed by atoms with Crippen LogP contribution in [0.2, 0.25) is 0 Å². The van der Waals surface area contributed by atoms with Crippen LogP contribution in [0.1, 0.15) is 21.4 Å². The maximum absolute atomic E-state index is 5.56. The van der Waals surface area contributed by atoms with E-state index in [0.717, 1.165) is 12.0 Å². The minimum Gasteiger partial charge on any atom is -0.472 e. The lowest BCUT2D eigenvalue weighted by Gasteiger charge is -2.12. The van der Waals surface area contributed by atoms with E-state index >= 15 is 0 Å². The van der Waals surface area contributed by atoms with E-state index in [-0.39, 0.29) is 6.04 Å². The molecule has 1 atom stereocenters. The molecule has 0 radical (unpaired) electrons. The van der Waals surface area contributed by atoms with Crippen molar-refractivity contribution in [3.05, 3.63) is 46.0 Å². The highest BCUT2D eigenvalue weighted by Crippen LogP contribution is 2.25. The summed E-state index contributed by atoms with van der Waals surface area (Å²) in [6, 6.07) is 6.36. The Bertz CT molecular complexity index is 408. The molecule has 0 saturated carbocycles. The molecule has 0 spiro atoms. The molecule has 0 fully saturated rings. The van der Waals surface area contributed by atoms with Gasteiger partial charge in [0.15, 0.2) is 0 Å². The Morgan fingerprint density at radius 2 is 2.33 bits per heavy atom. The van der Waals surface area contributed by atoms with E-state index in [0.29, 0.717) is 0 Å². The number of aryl methyl sites for hydroxylation is 1. The van der Waals surface area contributed by atoms with Crippen LogP contribution in [0.15, 0.2) is 35.1 Å². The Kier molecular flexibility index (Phi) is 3.20. The third-order valence-electron chi connectivity index (χ3n) is 2.33. The second-order valence-corrected chi connectivity index (χ2v) is 4.82. The van der Waals surface area contributed by atoms with E-state index in [2.05, 4.69) is 24.5 Å². The quantitative estimate of drug-likeness (QED) is 0.617. The average Bonchev–Trinajstić information content (AvgIpc) is 2.85. The summed E-state index contributed by atoms with van der Waals surface area (Å²) in [4.78, 5) is 2.56. The van der Waals surface area contributed by atoms with E-state index in [1.165, 1.54) is 9.75 Å². The van der Waals surface area contributed by atoms with Gasteiger partial charge < -0.3 is 4.42 Å². The molecule has 0 aliphatic heterocycles. The van der Waals surface area contributed by atoms with Gasteiger partial charge in [-0.3, -0.25) is 11.3 Å². The molecule has 0 bridgehead atoms. The van der Waals surface area contributed by atoms with Gasteiger partial charge in [-0.15, -0.1) is 11.3 Å². The van der Waals surface area contributed by atoms with Gasteiger partial charge >= 0.3 is 0 Å². The first-order valence-corrected chi connectivity index (χ1v) is 5.65. The molecule has 2 aromatic heterocycles. The van der Waals surface area contributed by atoms with Crippen molar-refractivity contribution < 1.29 is 4.42 Å². The van der Waals surface area contributed by atoms with Crippen LogP contribution in [0.25, 0.3) is 0 Å². The van der Waals surface area contributed by atoms with Gasteiger partial charge in [0.2, 0.25) is 0 Å². The normalized spacial score (nSPS) is 12.9. The molecule has 3 N–H and O–H groups in total. The van der Waals surface area contributed by atoms with Gasteiger partial charge in [0.1, 0.15) is 0 Å². The SMILES string of the molecule is Cc1ccc(C(Cc2ccoc2)NN)s1. The number of thiophene rings is 1. The van der Waals surface area contributed by atoms with Gasteiger partial charge in [0, 0.05) is 9.75 Å². The highest BCUT2D eigenvalue weighted by molar-refractivity contribution is 7.12. The summed E-state index contributed by atoms with van der Waals surface area (Å²) in [6.07, 6.45) is 4.29. The van der Waals surface area contributed by atoms with Crippen molar-refractivity contribution in [3.63, 3.8) is 0 Å². The van der Waals surface area contributed by atoms with Crippen LogP contribution >= 0.6 is 11.3 Å². The van der Waals surface area contributed by atoms with Crippen LogP contribution in [0, 0.1) is 6.92 Å². The average molecular weight is 222 g/mol. The zero-order valence-electron chi connectivity index (χ0n) is 8.57. The molecule has 2 rings (SSSR count). The van der Waals surface area contributed by atoms with E-state index in [9.17, 15) is 0 Å². The minimum absolute atomic E-state index is 0.168. The van der Waals surface area contributed by atoms with E-state index in [1.807, 2.05) is 6.07 Å². The van der Waals surface area contributed by atoms with E-state index in [1.54, 1.807) is 23.9 Å². The van der Waals surface area contributed by atoms with E-state index in [4.69, 9.17) is 10.3 Å². The fourth-order valence-corrected chi connectivity index (χ4v) is 2.46. The Morgan fingerprint density at radius 3 is 2.87 bits per heavy atom. The molecular formula is C11H14N2OS. The molecule has 80 valence electrons. The van der Waals surface area contributed by atoms with E-state index < -0.39 is 0 Å². The molecule has 3 nitrogen and oxygen atoms in total. The zero-order chi connectivity index (χ0) is 10.7. The number of nitrogens with two attached hydrogens (primary N) is 1. The second-order valence-electron chi connectivity index (χ2n) is 3.50. The first-order valence-electron chi connectivity index (χ1n) is 4.83. The fourth-order valence-electron chi connectivity index (χ4n) is 1.53. The highest BCUT2D eigenvalue weighted by atomic mass is 32.1. The van der Waals surface area contributed by atoms with Crippen molar-refractivity contribution in [2.24, 2.45) is 5.84 Å². The number of hydrazine groups is 1. The van der Waals surface area contributed by atoms with Crippen LogP contribution in [-0.2, 0) is 6.42 Å². The second kappa shape index (κ2) is 4.61. The van der Waals surface area contributed by atoms with Crippen molar-refractivity contribution in [3.8, 4) is 0 Å². The fraction of sp³-hybridized carbons (Fsp3) is 0.273. The van der Waals surface area contributed by atoms with Crippen LogP contribution in [0.4, 0.5) is 0 Å². The molecule has 4 heteroatoms. The summed E-state index contributed by atoms with van der Waals surface area (Å²) in [5, 5.41) is 0. The number of nitrogens with one attached hydrogen (secondary N) is 1. The third kappa shape index (κ3) is 2.47. The maximum Gasteiger partial charge on any atom is 0.0935 e. The third-order valence-corrected chi connectivity index (χ3v) is 3.44. The number of hydrogen-bond donors (Lipinski definition) is 2. The Labute approximate surface area is 92.9 Å². The first-order chi connectivity index (χ1) is 7.29. The van der Waals surface area contributed by atoms with Gasteiger partial charge in [-0.25, -0.2) is 0 Å². The molecular weight excluding hydrogens is 208 g/mol. The molecule has 0 aliphatic rings. The van der Waals surface area contributed by atoms with Crippen LogP contribution < -0.4 is 11.3 Å². The first kappa shape index (κ1) is 10.4. The lowest BCUT2D eigenvalue weighted by molar-refractivity contribution is 0.541. The minimum atomic E-state index is 0.168. The van der Waals surface area contributed by atoms with Gasteiger partial charge in [-0.1, -0.05) is 0 Å². The Morgan fingerprint density at radius 1 is 1.47 bits per heavy atom. The molecule has 0 amide bonds. The summed E-state index contributed by atoms with van der Waals surface area (Å²) in [7, 11) is 0. The summed E-state index contributed by atoms with van der Waals surface area (Å²) >= 11 is 1.77. The Hall–Kier alpha value is -1.10. The number of rotatable bonds is 4. The van der Waals surface area contributed by atoms with Crippen LogP contribution in [0.3, 0.4) is 0 Å². The zero-order valence-corrected chi connectivity index (χ0v) is 9.38. The van der Waals surface area contributed by atoms with Gasteiger partial charge in [0.05, 0.1) is 18.6 Å². The van der Waals surface area contributed by atoms with Crippen molar-refractivity contribution in [1.29, 1.82) is 0 Å². The maximum atomic E-state index is 5.56.